The van der Waals surface area contributed by atoms with Crippen molar-refractivity contribution in [2.75, 3.05) is 26.3 Å². The van der Waals surface area contributed by atoms with Gasteiger partial charge in [0.1, 0.15) is 0 Å². The average molecular weight is 293 g/mol. The molecule has 0 unspecified atom stereocenters. The van der Waals surface area contributed by atoms with Crippen molar-refractivity contribution in [3.63, 3.8) is 0 Å². The summed E-state index contributed by atoms with van der Waals surface area (Å²) in [6, 6.07) is 9.52. The summed E-state index contributed by atoms with van der Waals surface area (Å²) < 4.78 is 5.32. The number of rotatable bonds is 3. The van der Waals surface area contributed by atoms with E-state index < -0.39 is 11.2 Å². The lowest BCUT2D eigenvalue weighted by Crippen LogP contribution is -2.41. The number of carboxylic acids is 1. The molecule has 0 aliphatic carbocycles. The van der Waals surface area contributed by atoms with Gasteiger partial charge in [-0.1, -0.05) is 30.0 Å². The zero-order valence-electron chi connectivity index (χ0n) is 11.3. The van der Waals surface area contributed by atoms with Crippen molar-refractivity contribution >= 4 is 28.6 Å². The van der Waals surface area contributed by atoms with Crippen LogP contribution < -0.4 is 5.11 Å². The maximum atomic E-state index is 10.9. The fourth-order valence-electron chi connectivity index (χ4n) is 1.75. The van der Waals surface area contributed by atoms with Crippen molar-refractivity contribution in [3.05, 3.63) is 30.3 Å². The van der Waals surface area contributed by atoms with Crippen LogP contribution in [0, 0.1) is 0 Å². The molecule has 1 saturated heterocycles. The molecule has 1 aromatic rings. The Morgan fingerprint density at radius 2 is 2.00 bits per heavy atom. The summed E-state index contributed by atoms with van der Waals surface area (Å²) >= 11 is 1.21. The number of morpholine rings is 1. The zero-order chi connectivity index (χ0) is 14.4. The molecule has 1 aromatic carbocycles. The number of amidine groups is 1. The SMILES string of the molecule is C[C@@H](SC(=Nc1ccccc1)N1CCOCC1)C(=O)[O-]. The lowest BCUT2D eigenvalue weighted by molar-refractivity contribution is -0.304. The number of hydrogen-bond acceptors (Lipinski definition) is 5. The Morgan fingerprint density at radius 3 is 2.60 bits per heavy atom. The molecule has 1 aliphatic rings. The number of carbonyl (C=O) groups is 1. The van der Waals surface area contributed by atoms with E-state index >= 15 is 0 Å². The Bertz CT molecular complexity index is 473. The molecule has 1 aliphatic heterocycles. The van der Waals surface area contributed by atoms with E-state index in [1.165, 1.54) is 11.8 Å². The molecule has 2 rings (SSSR count). The summed E-state index contributed by atoms with van der Waals surface area (Å²) in [5.74, 6) is -1.08. The van der Waals surface area contributed by atoms with Gasteiger partial charge in [0.2, 0.25) is 0 Å². The number of aliphatic imine (C=N–C) groups is 1. The van der Waals surface area contributed by atoms with Crippen molar-refractivity contribution in [1.29, 1.82) is 0 Å². The van der Waals surface area contributed by atoms with Gasteiger partial charge in [0, 0.05) is 18.3 Å². The Balaban J connectivity index is 2.18. The summed E-state index contributed by atoms with van der Waals surface area (Å²) in [5.41, 5.74) is 0.812. The van der Waals surface area contributed by atoms with Gasteiger partial charge in [-0.3, -0.25) is 0 Å². The lowest BCUT2D eigenvalue weighted by Gasteiger charge is -2.30. The number of hydrogen-bond donors (Lipinski definition) is 0. The molecule has 1 atom stereocenters. The Morgan fingerprint density at radius 1 is 1.35 bits per heavy atom. The molecule has 1 fully saturated rings. The first-order chi connectivity index (χ1) is 9.66. The highest BCUT2D eigenvalue weighted by molar-refractivity contribution is 8.14. The Hall–Kier alpha value is -1.53. The van der Waals surface area contributed by atoms with Crippen molar-refractivity contribution in [1.82, 2.24) is 4.90 Å². The van der Waals surface area contributed by atoms with Crippen LogP contribution in [0.3, 0.4) is 0 Å². The molecular formula is C14H17N2O3S-. The molecule has 6 heteroatoms. The highest BCUT2D eigenvalue weighted by atomic mass is 32.2. The number of ether oxygens (including phenoxy) is 1. The van der Waals surface area contributed by atoms with E-state index in [1.807, 2.05) is 30.3 Å². The van der Waals surface area contributed by atoms with Crippen LogP contribution in [0.2, 0.25) is 0 Å². The monoisotopic (exact) mass is 293 g/mol. The van der Waals surface area contributed by atoms with E-state index in [0.29, 0.717) is 18.4 Å². The number of benzene rings is 1. The van der Waals surface area contributed by atoms with Gasteiger partial charge in [-0.25, -0.2) is 4.99 Å². The number of aliphatic carboxylic acids is 1. The van der Waals surface area contributed by atoms with Gasteiger partial charge in [-0.05, 0) is 19.1 Å². The summed E-state index contributed by atoms with van der Waals surface area (Å²) in [7, 11) is 0. The molecule has 5 nitrogen and oxygen atoms in total. The molecule has 0 aromatic heterocycles. The molecule has 0 saturated carbocycles. The summed E-state index contributed by atoms with van der Waals surface area (Å²) in [6.07, 6.45) is 0. The third-order valence-corrected chi connectivity index (χ3v) is 3.98. The van der Waals surface area contributed by atoms with Crippen molar-refractivity contribution in [3.8, 4) is 0 Å². The van der Waals surface area contributed by atoms with Gasteiger partial charge in [-0.15, -0.1) is 0 Å². The molecular weight excluding hydrogens is 276 g/mol. The topological polar surface area (TPSA) is 65.0 Å². The summed E-state index contributed by atoms with van der Waals surface area (Å²) in [4.78, 5) is 17.6. The third-order valence-electron chi connectivity index (χ3n) is 2.88. The first-order valence-electron chi connectivity index (χ1n) is 6.51. The Labute approximate surface area is 122 Å². The van der Waals surface area contributed by atoms with E-state index in [1.54, 1.807) is 6.92 Å². The van der Waals surface area contributed by atoms with Crippen molar-refractivity contribution < 1.29 is 14.6 Å². The zero-order valence-corrected chi connectivity index (χ0v) is 12.1. The van der Waals surface area contributed by atoms with Gasteiger partial charge in [0.25, 0.3) is 0 Å². The van der Waals surface area contributed by atoms with E-state index in [-0.39, 0.29) is 0 Å². The van der Waals surface area contributed by atoms with Crippen LogP contribution in [0.5, 0.6) is 0 Å². The smallest absolute Gasteiger partial charge is 0.165 e. The minimum Gasteiger partial charge on any atom is -0.549 e. The fraction of sp³-hybridized carbons (Fsp3) is 0.429. The lowest BCUT2D eigenvalue weighted by atomic mass is 10.3. The van der Waals surface area contributed by atoms with Crippen LogP contribution >= 0.6 is 11.8 Å². The largest absolute Gasteiger partial charge is 0.549 e. The van der Waals surface area contributed by atoms with Crippen molar-refractivity contribution in [2.45, 2.75) is 12.2 Å². The summed E-state index contributed by atoms with van der Waals surface area (Å²) in [6.45, 7) is 4.32. The number of nitrogens with zero attached hydrogens (tertiary/aromatic N) is 2. The van der Waals surface area contributed by atoms with E-state index in [4.69, 9.17) is 4.74 Å². The van der Waals surface area contributed by atoms with Crippen LogP contribution in [-0.4, -0.2) is 47.6 Å². The number of carbonyl (C=O) groups excluding carboxylic acids is 1. The second kappa shape index (κ2) is 7.31. The minimum atomic E-state index is -1.08. The minimum absolute atomic E-state index is 0.633. The Kier molecular flexibility index (Phi) is 5.43. The number of carboxylic acid groups (broad SMARTS) is 1. The molecule has 0 bridgehead atoms. The first-order valence-corrected chi connectivity index (χ1v) is 7.39. The molecule has 0 amide bonds. The second-order valence-corrected chi connectivity index (χ2v) is 5.72. The fourth-order valence-corrected chi connectivity index (χ4v) is 2.65. The molecule has 0 spiro atoms. The van der Waals surface area contributed by atoms with Crippen LogP contribution in [0.15, 0.2) is 35.3 Å². The van der Waals surface area contributed by atoms with Gasteiger partial charge in [0.05, 0.1) is 24.9 Å². The van der Waals surface area contributed by atoms with E-state index in [9.17, 15) is 9.90 Å². The van der Waals surface area contributed by atoms with Crippen LogP contribution in [-0.2, 0) is 9.53 Å². The van der Waals surface area contributed by atoms with Gasteiger partial charge in [0.15, 0.2) is 5.17 Å². The molecule has 0 N–H and O–H groups in total. The maximum Gasteiger partial charge on any atom is 0.165 e. The molecule has 1 heterocycles. The predicted molar refractivity (Wildman–Crippen MR) is 78.0 cm³/mol. The molecule has 20 heavy (non-hydrogen) atoms. The number of para-hydroxylation sites is 1. The normalized spacial score (nSPS) is 17.9. The quantitative estimate of drug-likeness (QED) is 0.611. The highest BCUT2D eigenvalue weighted by Crippen LogP contribution is 2.21. The van der Waals surface area contributed by atoms with Gasteiger partial charge >= 0.3 is 0 Å². The third kappa shape index (κ3) is 4.25. The molecule has 0 radical (unpaired) electrons. The van der Waals surface area contributed by atoms with Crippen molar-refractivity contribution in [2.24, 2.45) is 4.99 Å². The van der Waals surface area contributed by atoms with Crippen LogP contribution in [0.1, 0.15) is 6.92 Å². The maximum absolute atomic E-state index is 10.9. The predicted octanol–water partition coefficient (Wildman–Crippen LogP) is 0.878. The van der Waals surface area contributed by atoms with Crippen LogP contribution in [0.25, 0.3) is 0 Å². The van der Waals surface area contributed by atoms with Crippen LogP contribution in [0.4, 0.5) is 5.69 Å². The van der Waals surface area contributed by atoms with Gasteiger partial charge in [-0.2, -0.15) is 0 Å². The van der Waals surface area contributed by atoms with E-state index in [0.717, 1.165) is 18.8 Å². The average Bonchev–Trinajstić information content (AvgIpc) is 2.48. The summed E-state index contributed by atoms with van der Waals surface area (Å²) in [5, 5.41) is 11.0. The second-order valence-electron chi connectivity index (χ2n) is 4.41. The van der Waals surface area contributed by atoms with Gasteiger partial charge < -0.3 is 19.5 Å². The number of thioether (sulfide) groups is 1. The highest BCUT2D eigenvalue weighted by Gasteiger charge is 2.19. The van der Waals surface area contributed by atoms with E-state index in [2.05, 4.69) is 9.89 Å². The first kappa shape index (κ1) is 14.9. The standard InChI is InChI=1S/C14H18N2O3S/c1-11(13(17)18)20-14(16-7-9-19-10-8-16)15-12-5-3-2-4-6-12/h2-6,11H,7-10H2,1H3,(H,17,18)/p-1/t11-/m1/s1. The molecule has 108 valence electrons.